The van der Waals surface area contributed by atoms with Gasteiger partial charge in [-0.15, -0.1) is 0 Å². The van der Waals surface area contributed by atoms with E-state index in [2.05, 4.69) is 31.2 Å². The van der Waals surface area contributed by atoms with E-state index in [9.17, 15) is 19.2 Å². The number of carbonyl (C=O) groups excluding carboxylic acids is 4. The summed E-state index contributed by atoms with van der Waals surface area (Å²) in [5.74, 6) is -0.871. The molecule has 2 bridgehead atoms. The van der Waals surface area contributed by atoms with Crippen LogP contribution in [-0.4, -0.2) is 77.3 Å². The summed E-state index contributed by atoms with van der Waals surface area (Å²) in [6.45, 7) is 5.07. The van der Waals surface area contributed by atoms with Crippen molar-refractivity contribution in [2.24, 2.45) is 5.92 Å². The predicted octanol–water partition coefficient (Wildman–Crippen LogP) is 1.83. The number of fused-ring (bicyclic) bond motifs is 3. The highest BCUT2D eigenvalue weighted by molar-refractivity contribution is 5.97. The minimum Gasteiger partial charge on any atom is -0.368 e. The Morgan fingerprint density at radius 2 is 1.77 bits per heavy atom. The third-order valence-electron chi connectivity index (χ3n) is 6.75. The molecule has 0 saturated heterocycles. The zero-order valence-electron chi connectivity index (χ0n) is 23.0. The minimum atomic E-state index is -0.826. The maximum Gasteiger partial charge on any atom is 0.270 e. The second-order valence-corrected chi connectivity index (χ2v) is 10.2. The lowest BCUT2D eigenvalue weighted by molar-refractivity contribution is -0.138. The smallest absolute Gasteiger partial charge is 0.270 e. The third kappa shape index (κ3) is 7.58. The van der Waals surface area contributed by atoms with Gasteiger partial charge in [-0.05, 0) is 36.6 Å². The fourth-order valence-electron chi connectivity index (χ4n) is 4.64. The number of nitrogens with one attached hydrogen (secondary N) is 5. The van der Waals surface area contributed by atoms with E-state index in [0.717, 1.165) is 16.5 Å². The van der Waals surface area contributed by atoms with Gasteiger partial charge in [-0.2, -0.15) is 0 Å². The van der Waals surface area contributed by atoms with Gasteiger partial charge in [-0.25, -0.2) is 4.98 Å². The molecule has 1 atom stereocenters. The lowest BCUT2D eigenvalue weighted by Crippen LogP contribution is -2.48. The van der Waals surface area contributed by atoms with Crippen molar-refractivity contribution < 1.29 is 19.2 Å². The van der Waals surface area contributed by atoms with Gasteiger partial charge in [-0.3, -0.25) is 19.2 Å². The van der Waals surface area contributed by atoms with Crippen molar-refractivity contribution in [1.82, 2.24) is 30.8 Å². The van der Waals surface area contributed by atoms with Crippen LogP contribution in [0.25, 0.3) is 10.9 Å². The second kappa shape index (κ2) is 13.6. The van der Waals surface area contributed by atoms with Crippen molar-refractivity contribution in [2.45, 2.75) is 39.2 Å². The first-order valence-electron chi connectivity index (χ1n) is 13.7. The molecular weight excluding hydrogens is 510 g/mol. The Labute approximate surface area is 233 Å². The number of carbonyl (C=O) groups is 4. The molecule has 0 saturated carbocycles. The van der Waals surface area contributed by atoms with E-state index in [1.165, 1.54) is 0 Å². The minimum absolute atomic E-state index is 0.0256. The van der Waals surface area contributed by atoms with Gasteiger partial charge in [0.1, 0.15) is 17.6 Å². The highest BCUT2D eigenvalue weighted by atomic mass is 16.2. The summed E-state index contributed by atoms with van der Waals surface area (Å²) < 4.78 is 0. The number of rotatable bonds is 3. The molecule has 0 fully saturated rings. The molecule has 4 rings (SSSR count). The zero-order chi connectivity index (χ0) is 28.5. The number of anilines is 1. The number of hydrogen-bond acceptors (Lipinski definition) is 6. The quantitative estimate of drug-likeness (QED) is 0.338. The van der Waals surface area contributed by atoms with Crippen molar-refractivity contribution in [2.75, 3.05) is 38.0 Å². The first kappa shape index (κ1) is 28.6. The van der Waals surface area contributed by atoms with Gasteiger partial charge >= 0.3 is 0 Å². The van der Waals surface area contributed by atoms with Crippen molar-refractivity contribution >= 4 is 40.3 Å². The molecule has 0 radical (unpaired) electrons. The normalized spacial score (nSPS) is 18.1. The van der Waals surface area contributed by atoms with Gasteiger partial charge in [0, 0.05) is 55.6 Å². The van der Waals surface area contributed by atoms with E-state index in [4.69, 9.17) is 0 Å². The summed E-state index contributed by atoms with van der Waals surface area (Å²) >= 11 is 0. The molecule has 0 spiro atoms. The molecule has 3 aromatic rings. The van der Waals surface area contributed by atoms with Crippen molar-refractivity contribution in [1.29, 1.82) is 0 Å². The Kier molecular flexibility index (Phi) is 9.71. The van der Waals surface area contributed by atoms with Gasteiger partial charge in [-0.1, -0.05) is 38.1 Å². The fraction of sp³-hybridized carbons (Fsp3) is 0.414. The summed E-state index contributed by atoms with van der Waals surface area (Å²) in [5.41, 5.74) is 2.04. The molecule has 212 valence electrons. The van der Waals surface area contributed by atoms with E-state index in [1.54, 1.807) is 23.1 Å². The number of para-hydroxylation sites is 1. The van der Waals surface area contributed by atoms with E-state index < -0.39 is 11.9 Å². The van der Waals surface area contributed by atoms with Crippen LogP contribution in [0.5, 0.6) is 0 Å². The molecule has 0 aliphatic carbocycles. The summed E-state index contributed by atoms with van der Waals surface area (Å²) in [7, 11) is 0. The molecular formula is C29H37N7O4. The highest BCUT2D eigenvalue weighted by Crippen LogP contribution is 2.19. The van der Waals surface area contributed by atoms with Gasteiger partial charge in [0.05, 0.1) is 6.54 Å². The second-order valence-electron chi connectivity index (χ2n) is 10.2. The lowest BCUT2D eigenvalue weighted by atomic mass is 10.0. The van der Waals surface area contributed by atoms with E-state index in [-0.39, 0.29) is 35.9 Å². The molecule has 1 aromatic carbocycles. The van der Waals surface area contributed by atoms with Crippen LogP contribution >= 0.6 is 0 Å². The monoisotopic (exact) mass is 547 g/mol. The zero-order valence-corrected chi connectivity index (χ0v) is 23.0. The number of pyridine rings is 1. The maximum atomic E-state index is 13.3. The number of aromatic amines is 1. The van der Waals surface area contributed by atoms with Crippen LogP contribution < -0.4 is 21.3 Å². The third-order valence-corrected chi connectivity index (χ3v) is 6.75. The van der Waals surface area contributed by atoms with Crippen molar-refractivity contribution in [3.8, 4) is 0 Å². The summed E-state index contributed by atoms with van der Waals surface area (Å²) in [5, 5.41) is 12.7. The molecule has 3 heterocycles. The Hall–Kier alpha value is -4.41. The van der Waals surface area contributed by atoms with Crippen LogP contribution in [0, 0.1) is 5.92 Å². The van der Waals surface area contributed by atoms with Gasteiger partial charge < -0.3 is 31.2 Å². The molecule has 0 unspecified atom stereocenters. The van der Waals surface area contributed by atoms with E-state index in [0.29, 0.717) is 51.3 Å². The van der Waals surface area contributed by atoms with Crippen LogP contribution in [0.15, 0.2) is 48.7 Å². The predicted molar refractivity (Wildman–Crippen MR) is 153 cm³/mol. The molecule has 2 aromatic heterocycles. The van der Waals surface area contributed by atoms with Gasteiger partial charge in [0.2, 0.25) is 17.7 Å². The van der Waals surface area contributed by atoms with Crippen LogP contribution in [0.2, 0.25) is 0 Å². The average molecular weight is 548 g/mol. The van der Waals surface area contributed by atoms with Gasteiger partial charge in [0.15, 0.2) is 0 Å². The molecule has 1 aliphatic rings. The molecule has 1 aliphatic heterocycles. The summed E-state index contributed by atoms with van der Waals surface area (Å²) in [6.07, 6.45) is 3.38. The first-order valence-corrected chi connectivity index (χ1v) is 13.7. The van der Waals surface area contributed by atoms with E-state index >= 15 is 0 Å². The fourth-order valence-corrected chi connectivity index (χ4v) is 4.64. The Morgan fingerprint density at radius 1 is 0.975 bits per heavy atom. The maximum absolute atomic E-state index is 13.3. The van der Waals surface area contributed by atoms with Crippen molar-refractivity contribution in [3.63, 3.8) is 0 Å². The molecule has 5 N–H and O–H groups in total. The van der Waals surface area contributed by atoms with Gasteiger partial charge in [0.25, 0.3) is 5.91 Å². The number of amides is 4. The highest BCUT2D eigenvalue weighted by Gasteiger charge is 2.24. The Balaban J connectivity index is 1.53. The molecule has 11 heteroatoms. The van der Waals surface area contributed by atoms with Crippen LogP contribution in [0.4, 0.5) is 5.82 Å². The average Bonchev–Trinajstić information content (AvgIpc) is 3.36. The summed E-state index contributed by atoms with van der Waals surface area (Å²) in [4.78, 5) is 60.8. The largest absolute Gasteiger partial charge is 0.368 e. The molecule has 40 heavy (non-hydrogen) atoms. The molecule has 4 amide bonds. The first-order chi connectivity index (χ1) is 19.3. The number of H-pyrrole nitrogens is 1. The van der Waals surface area contributed by atoms with Crippen LogP contribution in [0.1, 0.15) is 42.7 Å². The number of nitrogens with zero attached hydrogens (tertiary/aromatic N) is 2. The van der Waals surface area contributed by atoms with Crippen LogP contribution in [-0.2, 0) is 20.8 Å². The Morgan fingerprint density at radius 3 is 2.60 bits per heavy atom. The SMILES string of the molecule is CC(C)C(=O)N1CCCCNC(=O)[C@H](Cc2c[nH]c3ccccc23)NC(=O)c2cccc(n2)NCCNC(=O)C1. The topological polar surface area (TPSA) is 148 Å². The molecule has 11 nitrogen and oxygen atoms in total. The van der Waals surface area contributed by atoms with Crippen LogP contribution in [0.3, 0.4) is 0 Å². The number of aromatic nitrogens is 2. The Bertz CT molecular complexity index is 1350. The van der Waals surface area contributed by atoms with Crippen molar-refractivity contribution in [3.05, 3.63) is 59.9 Å². The van der Waals surface area contributed by atoms with E-state index in [1.807, 2.05) is 44.3 Å². The standard InChI is InChI=1S/C29H37N7O4/c1-19(2)29(40)36-15-6-5-12-32-27(38)24(16-20-17-33-22-9-4-3-8-21(20)22)35-28(39)23-10-7-11-25(34-23)30-13-14-31-26(37)18-36/h3-4,7-11,17,19,24,33H,5-6,12-16,18H2,1-2H3,(H,30,34)(H,31,37)(H,32,38)(H,35,39)/t24-/m0/s1. The number of hydrogen-bond donors (Lipinski definition) is 5. The summed E-state index contributed by atoms with van der Waals surface area (Å²) in [6, 6.07) is 12.0. The lowest BCUT2D eigenvalue weighted by Gasteiger charge is -2.24. The number of benzene rings is 1.